The Hall–Kier alpha value is -1.47. The number of nitro groups is 1. The van der Waals surface area contributed by atoms with Gasteiger partial charge in [-0.15, -0.1) is 22.2 Å². The quantitative estimate of drug-likeness (QED) is 0.486. The standard InChI is InChI=1S/C12H13NO4S2/c1-16-9-5-10(17-2)7-11(6-9)19-4-3-18-12(19)8-13(14)15/h4-8H,3H2,1-2H3/b12-8-. The summed E-state index contributed by atoms with van der Waals surface area (Å²) in [6, 6.07) is 5.57. The molecule has 0 bridgehead atoms. The highest BCUT2D eigenvalue weighted by atomic mass is 32.2. The van der Waals surface area contributed by atoms with Crippen LogP contribution in [0.25, 0.3) is 0 Å². The van der Waals surface area contributed by atoms with Crippen LogP contribution in [0.1, 0.15) is 0 Å². The lowest BCUT2D eigenvalue weighted by atomic mass is 10.3. The van der Waals surface area contributed by atoms with Crippen LogP contribution in [-0.2, 0) is 0 Å². The fourth-order valence-corrected chi connectivity index (χ4v) is 5.25. The zero-order chi connectivity index (χ0) is 13.8. The van der Waals surface area contributed by atoms with E-state index < -0.39 is 4.92 Å². The summed E-state index contributed by atoms with van der Waals surface area (Å²) >= 11 is 1.50. The lowest BCUT2D eigenvalue weighted by Gasteiger charge is -2.10. The van der Waals surface area contributed by atoms with Gasteiger partial charge in [0.15, 0.2) is 0 Å². The Balaban J connectivity index is 2.43. The van der Waals surface area contributed by atoms with Gasteiger partial charge in [-0.3, -0.25) is 10.1 Å². The minimum Gasteiger partial charge on any atom is -0.497 e. The number of hydrogen-bond donors (Lipinski definition) is 0. The predicted molar refractivity (Wildman–Crippen MR) is 79.0 cm³/mol. The third-order valence-corrected chi connectivity index (χ3v) is 6.08. The van der Waals surface area contributed by atoms with Crippen LogP contribution in [0.4, 0.5) is 0 Å². The minimum absolute atomic E-state index is 0.375. The van der Waals surface area contributed by atoms with Crippen LogP contribution < -0.4 is 9.47 Å². The second-order valence-electron chi connectivity index (χ2n) is 3.60. The van der Waals surface area contributed by atoms with E-state index in [0.717, 1.165) is 21.1 Å². The number of benzene rings is 1. The summed E-state index contributed by atoms with van der Waals surface area (Å²) in [5.74, 6) is 2.16. The Kier molecular flexibility index (Phi) is 4.49. The summed E-state index contributed by atoms with van der Waals surface area (Å²) in [7, 11) is 2.80. The zero-order valence-corrected chi connectivity index (χ0v) is 12.1. The van der Waals surface area contributed by atoms with Crippen molar-refractivity contribution in [1.82, 2.24) is 0 Å². The van der Waals surface area contributed by atoms with Crippen LogP contribution >= 0.6 is 22.2 Å². The first-order chi connectivity index (χ1) is 9.13. The summed E-state index contributed by atoms with van der Waals surface area (Å²) in [6.07, 6.45) is 1.09. The van der Waals surface area contributed by atoms with Gasteiger partial charge in [0.2, 0.25) is 0 Å². The maximum Gasteiger partial charge on any atom is 0.254 e. The second-order valence-corrected chi connectivity index (χ2v) is 6.84. The Morgan fingerprint density at radius 1 is 1.32 bits per heavy atom. The van der Waals surface area contributed by atoms with Gasteiger partial charge in [-0.1, -0.05) is 0 Å². The molecule has 0 aromatic heterocycles. The second kappa shape index (κ2) is 6.12. The Labute approximate surface area is 117 Å². The van der Waals surface area contributed by atoms with E-state index in [-0.39, 0.29) is 10.5 Å². The number of nitrogens with zero attached hydrogens (tertiary/aromatic N) is 1. The average Bonchev–Trinajstić information content (AvgIpc) is 2.85. The van der Waals surface area contributed by atoms with Crippen LogP contribution in [0.3, 0.4) is 0 Å². The van der Waals surface area contributed by atoms with Gasteiger partial charge in [0.05, 0.1) is 19.1 Å². The van der Waals surface area contributed by atoms with E-state index in [2.05, 4.69) is 5.37 Å². The van der Waals surface area contributed by atoms with E-state index in [9.17, 15) is 10.1 Å². The number of hydrogen-bond acceptors (Lipinski definition) is 5. The molecule has 1 aliphatic rings. The molecule has 1 heterocycles. The molecule has 1 aromatic rings. The first-order valence-corrected chi connectivity index (χ1v) is 7.69. The van der Waals surface area contributed by atoms with E-state index in [1.807, 2.05) is 12.1 Å². The molecule has 7 heteroatoms. The molecule has 0 fully saturated rings. The summed E-state index contributed by atoms with van der Waals surface area (Å²) in [4.78, 5) is 11.2. The van der Waals surface area contributed by atoms with Gasteiger partial charge in [0.25, 0.3) is 6.20 Å². The van der Waals surface area contributed by atoms with Crippen molar-refractivity contribution < 1.29 is 14.4 Å². The highest BCUT2D eigenvalue weighted by Gasteiger charge is 2.18. The molecular weight excluding hydrogens is 286 g/mol. The Bertz CT molecular complexity index is 547. The van der Waals surface area contributed by atoms with Crippen molar-refractivity contribution in [2.45, 2.75) is 4.90 Å². The molecular formula is C12H13NO4S2. The largest absolute Gasteiger partial charge is 0.497 e. The number of thioether (sulfide) groups is 1. The van der Waals surface area contributed by atoms with Crippen LogP contribution in [0.2, 0.25) is 0 Å². The molecule has 0 saturated carbocycles. The van der Waals surface area contributed by atoms with Gasteiger partial charge in [0.1, 0.15) is 15.7 Å². The third-order valence-electron chi connectivity index (χ3n) is 2.47. The summed E-state index contributed by atoms with van der Waals surface area (Å²) < 4.78 is 11.2. The Morgan fingerprint density at radius 3 is 2.47 bits per heavy atom. The molecule has 1 unspecified atom stereocenters. The van der Waals surface area contributed by atoms with E-state index in [1.165, 1.54) is 11.8 Å². The molecule has 2 rings (SSSR count). The van der Waals surface area contributed by atoms with Crippen molar-refractivity contribution in [2.75, 3.05) is 20.0 Å². The molecule has 19 heavy (non-hydrogen) atoms. The van der Waals surface area contributed by atoms with Crippen molar-refractivity contribution >= 4 is 27.6 Å². The summed E-state index contributed by atoms with van der Waals surface area (Å²) in [6.45, 7) is 0. The molecule has 0 aliphatic carbocycles. The van der Waals surface area contributed by atoms with Crippen molar-refractivity contribution in [1.29, 1.82) is 0 Å². The molecule has 0 radical (unpaired) electrons. The number of methoxy groups -OCH3 is 2. The van der Waals surface area contributed by atoms with Crippen molar-refractivity contribution in [2.24, 2.45) is 0 Å². The molecule has 0 saturated heterocycles. The molecule has 0 spiro atoms. The highest BCUT2D eigenvalue weighted by Crippen LogP contribution is 2.47. The zero-order valence-electron chi connectivity index (χ0n) is 10.5. The first kappa shape index (κ1) is 14.0. The minimum atomic E-state index is -0.404. The molecule has 0 N–H and O–H groups in total. The molecule has 5 nitrogen and oxygen atoms in total. The highest BCUT2D eigenvalue weighted by molar-refractivity contribution is 8.34. The summed E-state index contributed by atoms with van der Waals surface area (Å²) in [5, 5.41) is 12.7. The van der Waals surface area contributed by atoms with Crippen LogP contribution in [0, 0.1) is 10.1 Å². The first-order valence-electron chi connectivity index (χ1n) is 5.41. The van der Waals surface area contributed by atoms with Gasteiger partial charge in [-0.25, -0.2) is 0 Å². The predicted octanol–water partition coefficient (Wildman–Crippen LogP) is 2.96. The normalized spacial score (nSPS) is 20.1. The lowest BCUT2D eigenvalue weighted by Crippen LogP contribution is -1.89. The van der Waals surface area contributed by atoms with Gasteiger partial charge in [-0.2, -0.15) is 0 Å². The van der Waals surface area contributed by atoms with Crippen molar-refractivity contribution in [3.05, 3.63) is 38.8 Å². The van der Waals surface area contributed by atoms with Gasteiger partial charge >= 0.3 is 0 Å². The van der Waals surface area contributed by atoms with Gasteiger partial charge in [-0.05, 0) is 17.5 Å². The fraction of sp³-hybridized carbons (Fsp3) is 0.250. The third kappa shape index (κ3) is 3.30. The SMILES string of the molecule is COc1cc(OC)cc(S2=CCS/C2=C/[N+](=O)[O-])c1. The molecule has 1 aromatic carbocycles. The lowest BCUT2D eigenvalue weighted by molar-refractivity contribution is -0.402. The fourth-order valence-electron chi connectivity index (χ4n) is 1.63. The smallest absolute Gasteiger partial charge is 0.254 e. The molecule has 1 aliphatic heterocycles. The maximum absolute atomic E-state index is 10.6. The van der Waals surface area contributed by atoms with E-state index in [4.69, 9.17) is 9.47 Å². The number of rotatable bonds is 4. The van der Waals surface area contributed by atoms with Crippen molar-refractivity contribution in [3.8, 4) is 11.5 Å². The maximum atomic E-state index is 10.6. The molecule has 102 valence electrons. The molecule has 0 amide bonds. The van der Waals surface area contributed by atoms with E-state index in [1.54, 1.807) is 20.3 Å². The van der Waals surface area contributed by atoms with E-state index in [0.29, 0.717) is 11.5 Å². The Morgan fingerprint density at radius 2 is 1.95 bits per heavy atom. The van der Waals surface area contributed by atoms with Gasteiger partial charge in [0, 0.05) is 16.7 Å². The van der Waals surface area contributed by atoms with Crippen LogP contribution in [0.15, 0.2) is 33.5 Å². The topological polar surface area (TPSA) is 61.6 Å². The summed E-state index contributed by atoms with van der Waals surface area (Å²) in [5.41, 5.74) is 0. The monoisotopic (exact) mass is 299 g/mol. The number of ether oxygens (including phenoxy) is 2. The van der Waals surface area contributed by atoms with E-state index >= 15 is 0 Å². The van der Waals surface area contributed by atoms with Crippen LogP contribution in [0.5, 0.6) is 11.5 Å². The molecule has 1 atom stereocenters. The van der Waals surface area contributed by atoms with Crippen molar-refractivity contribution in [3.63, 3.8) is 0 Å². The van der Waals surface area contributed by atoms with Gasteiger partial charge < -0.3 is 9.47 Å². The average molecular weight is 299 g/mol. The van der Waals surface area contributed by atoms with Crippen LogP contribution in [-0.4, -0.2) is 30.3 Å².